The zero-order valence-corrected chi connectivity index (χ0v) is 6.16. The van der Waals surface area contributed by atoms with E-state index in [9.17, 15) is 0 Å². The Kier molecular flexibility index (Phi) is 4.85. The van der Waals surface area contributed by atoms with Crippen LogP contribution >= 0.6 is 11.8 Å². The zero-order chi connectivity index (χ0) is 6.41. The summed E-state index contributed by atoms with van der Waals surface area (Å²) in [5.41, 5.74) is 5.25. The van der Waals surface area contributed by atoms with E-state index < -0.39 is 0 Å². The van der Waals surface area contributed by atoms with Crippen LogP contribution in [0.1, 0.15) is 13.8 Å². The van der Waals surface area contributed by atoms with E-state index in [4.69, 9.17) is 5.73 Å². The summed E-state index contributed by atoms with van der Waals surface area (Å²) in [6.07, 6.45) is 0. The van der Waals surface area contributed by atoms with Crippen molar-refractivity contribution in [2.75, 3.05) is 12.3 Å². The van der Waals surface area contributed by atoms with Gasteiger partial charge in [-0.1, -0.05) is 25.6 Å². The molecular weight excluding hydrogens is 120 g/mol. The minimum atomic E-state index is 0.745. The summed E-state index contributed by atoms with van der Waals surface area (Å²) in [6, 6.07) is 0. The van der Waals surface area contributed by atoms with E-state index in [1.807, 2.05) is 13.8 Å². The molecule has 0 saturated heterocycles. The second kappa shape index (κ2) is 4.97. The minimum Gasteiger partial charge on any atom is -0.379 e. The third kappa shape index (κ3) is 2.91. The molecule has 1 aliphatic rings. The fourth-order valence-electron chi connectivity index (χ4n) is 0.352. The Labute approximate surface area is 54.6 Å². The molecule has 0 aromatic carbocycles. The molecule has 1 rings (SSSR count). The summed E-state index contributed by atoms with van der Waals surface area (Å²) in [5, 5.41) is 0.745. The quantitative estimate of drug-likeness (QED) is 0.535. The van der Waals surface area contributed by atoms with Gasteiger partial charge in [0, 0.05) is 5.75 Å². The molecule has 0 aromatic rings. The van der Waals surface area contributed by atoms with Crippen LogP contribution in [-0.2, 0) is 0 Å². The largest absolute Gasteiger partial charge is 0.379 e. The highest BCUT2D eigenvalue weighted by Gasteiger charge is 1.98. The predicted molar refractivity (Wildman–Crippen MR) is 40.3 cm³/mol. The molecule has 8 heavy (non-hydrogen) atoms. The summed E-state index contributed by atoms with van der Waals surface area (Å²) >= 11 is 1.62. The van der Waals surface area contributed by atoms with Gasteiger partial charge >= 0.3 is 0 Å². The van der Waals surface area contributed by atoms with Crippen LogP contribution in [0.4, 0.5) is 0 Å². The molecule has 48 valence electrons. The first kappa shape index (κ1) is 7.82. The fourth-order valence-corrected chi connectivity index (χ4v) is 0.926. The van der Waals surface area contributed by atoms with E-state index in [0.717, 1.165) is 17.5 Å². The minimum absolute atomic E-state index is 0.745. The third-order valence-corrected chi connectivity index (χ3v) is 1.42. The Morgan fingerprint density at radius 3 is 2.38 bits per heavy atom. The smallest absolute Gasteiger partial charge is 0.153 e. The first-order valence-corrected chi connectivity index (χ1v) is 3.81. The number of hydrogen-bond acceptors (Lipinski definition) is 3. The van der Waals surface area contributed by atoms with Crippen molar-refractivity contribution >= 4 is 16.9 Å². The summed E-state index contributed by atoms with van der Waals surface area (Å²) < 4.78 is 0. The summed E-state index contributed by atoms with van der Waals surface area (Å²) in [6.45, 7) is 4.91. The number of hydrogen-bond donors (Lipinski definition) is 1. The normalized spacial score (nSPS) is 16.5. The van der Waals surface area contributed by atoms with Gasteiger partial charge in [-0.2, -0.15) is 0 Å². The number of amidine groups is 1. The first-order valence-electron chi connectivity index (χ1n) is 2.82. The van der Waals surface area contributed by atoms with Crippen molar-refractivity contribution in [1.82, 2.24) is 0 Å². The van der Waals surface area contributed by atoms with E-state index >= 15 is 0 Å². The maximum absolute atomic E-state index is 5.25. The average molecular weight is 132 g/mol. The number of rotatable bonds is 0. The molecule has 0 bridgehead atoms. The molecule has 0 aromatic heterocycles. The highest BCUT2D eigenvalue weighted by molar-refractivity contribution is 8.14. The van der Waals surface area contributed by atoms with Gasteiger partial charge in [-0.05, 0) is 0 Å². The van der Waals surface area contributed by atoms with Crippen LogP contribution in [-0.4, -0.2) is 17.5 Å². The zero-order valence-electron chi connectivity index (χ0n) is 5.35. The first-order chi connectivity index (χ1) is 3.89. The molecular formula is C5H12N2S. The molecule has 0 spiro atoms. The Morgan fingerprint density at radius 1 is 1.62 bits per heavy atom. The van der Waals surface area contributed by atoms with Crippen LogP contribution in [0.3, 0.4) is 0 Å². The molecule has 1 heterocycles. The van der Waals surface area contributed by atoms with Gasteiger partial charge in [0.1, 0.15) is 0 Å². The molecule has 0 amide bonds. The molecule has 3 heteroatoms. The number of thioether (sulfide) groups is 1. The van der Waals surface area contributed by atoms with Crippen molar-refractivity contribution in [3.63, 3.8) is 0 Å². The molecule has 0 saturated carbocycles. The van der Waals surface area contributed by atoms with Crippen LogP contribution in [0.2, 0.25) is 0 Å². The summed E-state index contributed by atoms with van der Waals surface area (Å²) in [7, 11) is 0. The summed E-state index contributed by atoms with van der Waals surface area (Å²) in [5.74, 6) is 1.08. The second-order valence-electron chi connectivity index (χ2n) is 1.07. The topological polar surface area (TPSA) is 38.4 Å². The van der Waals surface area contributed by atoms with Crippen LogP contribution in [0.15, 0.2) is 4.99 Å². The third-order valence-electron chi connectivity index (χ3n) is 0.609. The predicted octanol–water partition coefficient (Wildman–Crippen LogP) is 1.07. The van der Waals surface area contributed by atoms with Crippen LogP contribution < -0.4 is 5.73 Å². The molecule has 2 nitrogen and oxygen atoms in total. The maximum atomic E-state index is 5.25. The Morgan fingerprint density at radius 2 is 2.25 bits per heavy atom. The highest BCUT2D eigenvalue weighted by Crippen LogP contribution is 2.05. The van der Waals surface area contributed by atoms with Gasteiger partial charge in [0.2, 0.25) is 0 Å². The van der Waals surface area contributed by atoms with Crippen molar-refractivity contribution in [1.29, 1.82) is 0 Å². The molecule has 2 N–H and O–H groups in total. The van der Waals surface area contributed by atoms with Crippen molar-refractivity contribution in [2.24, 2.45) is 10.7 Å². The maximum Gasteiger partial charge on any atom is 0.153 e. The second-order valence-corrected chi connectivity index (χ2v) is 2.18. The summed E-state index contributed by atoms with van der Waals surface area (Å²) in [4.78, 5) is 3.89. The van der Waals surface area contributed by atoms with Crippen molar-refractivity contribution < 1.29 is 0 Å². The monoisotopic (exact) mass is 132 g/mol. The van der Waals surface area contributed by atoms with Gasteiger partial charge in [-0.3, -0.25) is 4.99 Å². The average Bonchev–Trinajstić information content (AvgIpc) is 2.24. The van der Waals surface area contributed by atoms with E-state index in [0.29, 0.717) is 0 Å². The number of nitrogens with zero attached hydrogens (tertiary/aromatic N) is 1. The van der Waals surface area contributed by atoms with Gasteiger partial charge in [0.05, 0.1) is 6.54 Å². The Hall–Kier alpha value is -0.180. The highest BCUT2D eigenvalue weighted by atomic mass is 32.2. The molecule has 1 aliphatic heterocycles. The van der Waals surface area contributed by atoms with E-state index in [-0.39, 0.29) is 0 Å². The van der Waals surface area contributed by atoms with E-state index in [1.165, 1.54) is 0 Å². The lowest BCUT2D eigenvalue weighted by Crippen LogP contribution is -2.00. The van der Waals surface area contributed by atoms with E-state index in [2.05, 4.69) is 4.99 Å². The van der Waals surface area contributed by atoms with Crippen molar-refractivity contribution in [3.8, 4) is 0 Å². The lowest BCUT2D eigenvalue weighted by atomic mass is 10.8. The van der Waals surface area contributed by atoms with Crippen molar-refractivity contribution in [2.45, 2.75) is 13.8 Å². The number of aliphatic imine (C=N–C) groups is 1. The Balaban J connectivity index is 0.000000222. The van der Waals surface area contributed by atoms with Gasteiger partial charge < -0.3 is 5.73 Å². The van der Waals surface area contributed by atoms with Gasteiger partial charge in [0.15, 0.2) is 5.17 Å². The lowest BCUT2D eigenvalue weighted by molar-refractivity contribution is 1.17. The molecule has 0 unspecified atom stereocenters. The molecule has 0 fully saturated rings. The van der Waals surface area contributed by atoms with Gasteiger partial charge in [0.25, 0.3) is 0 Å². The van der Waals surface area contributed by atoms with Crippen molar-refractivity contribution in [3.05, 3.63) is 0 Å². The lowest BCUT2D eigenvalue weighted by Gasteiger charge is -1.78. The van der Waals surface area contributed by atoms with Gasteiger partial charge in [-0.15, -0.1) is 0 Å². The van der Waals surface area contributed by atoms with Crippen LogP contribution in [0, 0.1) is 0 Å². The molecule has 0 radical (unpaired) electrons. The van der Waals surface area contributed by atoms with E-state index in [1.54, 1.807) is 11.8 Å². The fraction of sp³-hybridized carbons (Fsp3) is 0.800. The molecule has 0 aliphatic carbocycles. The van der Waals surface area contributed by atoms with Crippen LogP contribution in [0.5, 0.6) is 0 Å². The number of nitrogens with two attached hydrogens (primary N) is 1. The molecule has 0 atom stereocenters. The Bertz CT molecular complexity index is 80.5. The standard InChI is InChI=1S/C3H6N2S.C2H6/c4-3-5-1-2-6-3;1-2/h1-2H2,(H2,4,5);1-2H3. The SMILES string of the molecule is CC.NC1=NCCS1. The van der Waals surface area contributed by atoms with Gasteiger partial charge in [-0.25, -0.2) is 0 Å². The van der Waals surface area contributed by atoms with Crippen LogP contribution in [0.25, 0.3) is 0 Å².